The number of nitrogens with one attached hydrogen (secondary N) is 1. The predicted molar refractivity (Wildman–Crippen MR) is 135 cm³/mol. The summed E-state index contributed by atoms with van der Waals surface area (Å²) in [5, 5.41) is 2.84. The molecule has 1 fully saturated rings. The molecule has 1 N–H and O–H groups in total. The van der Waals surface area contributed by atoms with Crippen LogP contribution in [0.4, 0.5) is 10.5 Å². The molecular weight excluding hydrogens is 408 g/mol. The van der Waals surface area contributed by atoms with Gasteiger partial charge in [-0.1, -0.05) is 72.8 Å². The topological polar surface area (TPSA) is 41.6 Å². The van der Waals surface area contributed by atoms with Gasteiger partial charge in [-0.25, -0.2) is 4.79 Å². The monoisotopic (exact) mass is 438 g/mol. The number of rotatable bonds is 6. The van der Waals surface area contributed by atoms with Crippen molar-refractivity contribution in [3.05, 3.63) is 95.6 Å². The molecule has 4 nitrogen and oxygen atoms in total. The molecule has 1 amide bonds. The van der Waals surface area contributed by atoms with Crippen molar-refractivity contribution in [1.82, 2.24) is 5.32 Å². The highest BCUT2D eigenvalue weighted by atomic mass is 16.5. The molecule has 0 radical (unpaired) electrons. The molecule has 3 aromatic carbocycles. The summed E-state index contributed by atoms with van der Waals surface area (Å²) in [6, 6.07) is 25.3. The van der Waals surface area contributed by atoms with E-state index in [0.29, 0.717) is 13.2 Å². The fourth-order valence-electron chi connectivity index (χ4n) is 4.96. The summed E-state index contributed by atoms with van der Waals surface area (Å²) < 4.78 is 5.60. The van der Waals surface area contributed by atoms with Crippen molar-refractivity contribution in [3.63, 3.8) is 0 Å². The maximum atomic E-state index is 12.3. The van der Waals surface area contributed by atoms with Crippen molar-refractivity contribution in [2.24, 2.45) is 0 Å². The van der Waals surface area contributed by atoms with Gasteiger partial charge in [0.15, 0.2) is 0 Å². The number of amides is 1. The van der Waals surface area contributed by atoms with Crippen molar-refractivity contribution >= 4 is 17.9 Å². The van der Waals surface area contributed by atoms with E-state index in [1.54, 1.807) is 0 Å². The number of anilines is 1. The van der Waals surface area contributed by atoms with Crippen LogP contribution in [0.2, 0.25) is 0 Å². The van der Waals surface area contributed by atoms with Crippen molar-refractivity contribution in [2.45, 2.75) is 25.2 Å². The molecule has 1 saturated heterocycles. The molecule has 5 rings (SSSR count). The van der Waals surface area contributed by atoms with E-state index < -0.39 is 0 Å². The van der Waals surface area contributed by atoms with Crippen LogP contribution >= 0.6 is 0 Å². The first-order valence-electron chi connectivity index (χ1n) is 11.9. The van der Waals surface area contributed by atoms with Crippen LogP contribution in [0.1, 0.15) is 41.9 Å². The molecule has 1 aliphatic carbocycles. The van der Waals surface area contributed by atoms with E-state index in [1.165, 1.54) is 47.2 Å². The Morgan fingerprint density at radius 1 is 0.909 bits per heavy atom. The van der Waals surface area contributed by atoms with Crippen LogP contribution in [0.25, 0.3) is 17.2 Å². The van der Waals surface area contributed by atoms with E-state index >= 15 is 0 Å². The van der Waals surface area contributed by atoms with Gasteiger partial charge in [0.25, 0.3) is 0 Å². The summed E-state index contributed by atoms with van der Waals surface area (Å²) in [6.07, 6.45) is 7.50. The fourth-order valence-corrected chi connectivity index (χ4v) is 4.96. The Morgan fingerprint density at radius 3 is 2.33 bits per heavy atom. The molecule has 4 heteroatoms. The Labute approximate surface area is 195 Å². The molecule has 0 atom stereocenters. The molecule has 33 heavy (non-hydrogen) atoms. The second-order valence-electron chi connectivity index (χ2n) is 8.75. The second kappa shape index (κ2) is 9.95. The van der Waals surface area contributed by atoms with Gasteiger partial charge in [0.1, 0.15) is 6.61 Å². The number of carbonyl (C=O) groups excluding carboxylic acids is 1. The molecular formula is C29H30N2O2. The van der Waals surface area contributed by atoms with Gasteiger partial charge < -0.3 is 15.0 Å². The number of nitrogens with zero attached hydrogens (tertiary/aromatic N) is 1. The summed E-state index contributed by atoms with van der Waals surface area (Å²) in [6.45, 7) is 3.04. The first kappa shape index (κ1) is 21.3. The number of carbonyl (C=O) groups is 1. The van der Waals surface area contributed by atoms with E-state index in [9.17, 15) is 4.79 Å². The van der Waals surface area contributed by atoms with Crippen LogP contribution in [0.5, 0.6) is 0 Å². The Kier molecular flexibility index (Phi) is 6.43. The van der Waals surface area contributed by atoms with Gasteiger partial charge in [-0.3, -0.25) is 0 Å². The lowest BCUT2D eigenvalue weighted by atomic mass is 9.98. The molecule has 0 bridgehead atoms. The Bertz CT molecular complexity index is 1100. The minimum absolute atomic E-state index is 0.0798. The Hall–Kier alpha value is -3.53. The zero-order valence-electron chi connectivity index (χ0n) is 18.9. The van der Waals surface area contributed by atoms with Crippen molar-refractivity contribution in [1.29, 1.82) is 0 Å². The van der Waals surface area contributed by atoms with Gasteiger partial charge in [0.05, 0.1) is 0 Å². The minimum Gasteiger partial charge on any atom is -0.449 e. The molecule has 1 heterocycles. The smallest absolute Gasteiger partial charge is 0.407 e. The normalized spacial score (nSPS) is 15.3. The maximum absolute atomic E-state index is 12.3. The lowest BCUT2D eigenvalue weighted by molar-refractivity contribution is 0.144. The molecule has 3 aromatic rings. The third-order valence-electron chi connectivity index (χ3n) is 6.61. The van der Waals surface area contributed by atoms with Crippen molar-refractivity contribution < 1.29 is 9.53 Å². The molecule has 0 unspecified atom stereocenters. The highest BCUT2D eigenvalue weighted by Crippen LogP contribution is 2.44. The Morgan fingerprint density at radius 2 is 1.61 bits per heavy atom. The number of fused-ring (bicyclic) bond motifs is 3. The van der Waals surface area contributed by atoms with Crippen molar-refractivity contribution in [2.75, 3.05) is 31.1 Å². The van der Waals surface area contributed by atoms with Gasteiger partial charge in [-0.15, -0.1) is 0 Å². The largest absolute Gasteiger partial charge is 0.449 e. The first-order valence-corrected chi connectivity index (χ1v) is 11.9. The molecule has 1 aliphatic heterocycles. The van der Waals surface area contributed by atoms with Crippen LogP contribution < -0.4 is 10.2 Å². The predicted octanol–water partition coefficient (Wildman–Crippen LogP) is 6.23. The van der Waals surface area contributed by atoms with Crippen molar-refractivity contribution in [3.8, 4) is 11.1 Å². The standard InChI is InChI=1S/C29H30N2O2/c32-29(30-17-9-11-22-10-8-12-23(20-22)31-18-6-1-7-19-31)33-21-28-26-15-4-2-13-24(26)25-14-3-5-16-27(25)28/h2-5,8-16,20,28H,1,6-7,17-19,21H2,(H,30,32). The summed E-state index contributed by atoms with van der Waals surface area (Å²) >= 11 is 0. The van der Waals surface area contributed by atoms with Crippen LogP contribution in [-0.2, 0) is 4.74 Å². The van der Waals surface area contributed by atoms with E-state index in [1.807, 2.05) is 18.2 Å². The molecule has 0 saturated carbocycles. The van der Waals surface area contributed by atoms with Crippen LogP contribution in [-0.4, -0.2) is 32.3 Å². The molecule has 168 valence electrons. The molecule has 0 spiro atoms. The fraction of sp³-hybridized carbons (Fsp3) is 0.276. The van der Waals surface area contributed by atoms with E-state index in [4.69, 9.17) is 4.74 Å². The van der Waals surface area contributed by atoms with Gasteiger partial charge in [-0.05, 0) is 59.2 Å². The Balaban J connectivity index is 1.14. The van der Waals surface area contributed by atoms with Crippen LogP contribution in [0.15, 0.2) is 78.9 Å². The van der Waals surface area contributed by atoms with E-state index in [0.717, 1.165) is 18.7 Å². The number of piperidine rings is 1. The highest BCUT2D eigenvalue weighted by molar-refractivity contribution is 5.79. The number of ether oxygens (including phenoxy) is 1. The highest BCUT2D eigenvalue weighted by Gasteiger charge is 2.28. The summed E-state index contributed by atoms with van der Waals surface area (Å²) in [5.41, 5.74) is 7.34. The van der Waals surface area contributed by atoms with Gasteiger partial charge in [0, 0.05) is 31.2 Å². The van der Waals surface area contributed by atoms with E-state index in [2.05, 4.69) is 77.0 Å². The maximum Gasteiger partial charge on any atom is 0.407 e. The quantitative estimate of drug-likeness (QED) is 0.496. The summed E-state index contributed by atoms with van der Waals surface area (Å²) in [7, 11) is 0. The number of hydrogen-bond donors (Lipinski definition) is 1. The third-order valence-corrected chi connectivity index (χ3v) is 6.61. The molecule has 0 aromatic heterocycles. The van der Waals surface area contributed by atoms with Crippen LogP contribution in [0, 0.1) is 0 Å². The lowest BCUT2D eigenvalue weighted by Gasteiger charge is -2.29. The average molecular weight is 439 g/mol. The van der Waals surface area contributed by atoms with Crippen LogP contribution in [0.3, 0.4) is 0 Å². The summed E-state index contributed by atoms with van der Waals surface area (Å²) in [4.78, 5) is 14.8. The lowest BCUT2D eigenvalue weighted by Crippen LogP contribution is -2.29. The molecule has 2 aliphatic rings. The SMILES string of the molecule is O=C(NCC=Cc1cccc(N2CCCCC2)c1)OCC1c2ccccc2-c2ccccc21. The van der Waals surface area contributed by atoms with E-state index in [-0.39, 0.29) is 12.0 Å². The van der Waals surface area contributed by atoms with Gasteiger partial charge in [-0.2, -0.15) is 0 Å². The second-order valence-corrected chi connectivity index (χ2v) is 8.75. The van der Waals surface area contributed by atoms with Gasteiger partial charge >= 0.3 is 6.09 Å². The van der Waals surface area contributed by atoms with Gasteiger partial charge in [0.2, 0.25) is 0 Å². The summed E-state index contributed by atoms with van der Waals surface area (Å²) in [5.74, 6) is 0.0798. The third kappa shape index (κ3) is 4.80. The number of hydrogen-bond acceptors (Lipinski definition) is 3. The zero-order chi connectivity index (χ0) is 22.5. The minimum atomic E-state index is -0.386. The number of benzene rings is 3. The average Bonchev–Trinajstić information content (AvgIpc) is 3.20. The first-order chi connectivity index (χ1) is 16.3. The number of alkyl carbamates (subject to hydrolysis) is 1. The zero-order valence-corrected chi connectivity index (χ0v) is 18.9.